The Morgan fingerprint density at radius 2 is 1.93 bits per heavy atom. The second-order valence-electron chi connectivity index (χ2n) is 7.41. The largest absolute Gasteiger partial charge is 0.481 e. The van der Waals surface area contributed by atoms with Gasteiger partial charge in [-0.15, -0.1) is 0 Å². The first-order valence-electron chi connectivity index (χ1n) is 9.37. The fourth-order valence-corrected chi connectivity index (χ4v) is 3.46. The van der Waals surface area contributed by atoms with E-state index in [1.54, 1.807) is 24.3 Å². The molecule has 0 bridgehead atoms. The van der Waals surface area contributed by atoms with Gasteiger partial charge in [0.2, 0.25) is 0 Å². The molecule has 146 valence electrons. The van der Waals surface area contributed by atoms with E-state index in [-0.39, 0.29) is 12.7 Å². The predicted octanol–water partition coefficient (Wildman–Crippen LogP) is 3.48. The summed E-state index contributed by atoms with van der Waals surface area (Å²) in [6.45, 7) is 5.63. The lowest BCUT2D eigenvalue weighted by Crippen LogP contribution is -2.37. The molecule has 0 N–H and O–H groups in total. The maximum Gasteiger partial charge on any atom is 0.344 e. The smallest absolute Gasteiger partial charge is 0.344 e. The van der Waals surface area contributed by atoms with E-state index in [0.717, 1.165) is 19.3 Å². The molecule has 0 saturated heterocycles. The van der Waals surface area contributed by atoms with Crippen LogP contribution in [0.3, 0.4) is 0 Å². The van der Waals surface area contributed by atoms with Crippen molar-refractivity contribution in [2.24, 2.45) is 17.8 Å². The van der Waals surface area contributed by atoms with Crippen LogP contribution in [-0.4, -0.2) is 31.3 Å². The number of para-hydroxylation sites is 1. The van der Waals surface area contributed by atoms with E-state index < -0.39 is 18.5 Å². The zero-order chi connectivity index (χ0) is 19.8. The standard InChI is InChI=1S/C21H27NO5/c1-14(2)17-9-8-15(3)10-19(17)27-21(24)13-26-20(23)12-25-18-7-5-4-6-16(18)11-22/h4-7,14-15,17,19H,8-10,12-13H2,1-3H3. The van der Waals surface area contributed by atoms with E-state index in [2.05, 4.69) is 20.8 Å². The van der Waals surface area contributed by atoms with Gasteiger partial charge in [0.05, 0.1) is 5.56 Å². The van der Waals surface area contributed by atoms with Gasteiger partial charge in [-0.2, -0.15) is 5.26 Å². The number of benzene rings is 1. The van der Waals surface area contributed by atoms with Crippen molar-refractivity contribution in [1.82, 2.24) is 0 Å². The van der Waals surface area contributed by atoms with Gasteiger partial charge < -0.3 is 14.2 Å². The number of carbonyl (C=O) groups excluding carboxylic acids is 2. The van der Waals surface area contributed by atoms with Crippen LogP contribution in [0.2, 0.25) is 0 Å². The SMILES string of the molecule is CC1CCC(C(C)C)C(OC(=O)COC(=O)COc2ccccc2C#N)C1. The zero-order valence-corrected chi connectivity index (χ0v) is 16.1. The van der Waals surface area contributed by atoms with Crippen molar-refractivity contribution < 1.29 is 23.8 Å². The van der Waals surface area contributed by atoms with Gasteiger partial charge in [0.15, 0.2) is 13.2 Å². The fourth-order valence-electron chi connectivity index (χ4n) is 3.46. The summed E-state index contributed by atoms with van der Waals surface area (Å²) in [4.78, 5) is 23.9. The van der Waals surface area contributed by atoms with Gasteiger partial charge in [0.25, 0.3) is 0 Å². The van der Waals surface area contributed by atoms with Crippen molar-refractivity contribution in [3.8, 4) is 11.8 Å². The highest BCUT2D eigenvalue weighted by molar-refractivity contribution is 5.77. The molecule has 0 amide bonds. The quantitative estimate of drug-likeness (QED) is 0.680. The van der Waals surface area contributed by atoms with E-state index in [1.165, 1.54) is 0 Å². The summed E-state index contributed by atoms with van der Waals surface area (Å²) in [6.07, 6.45) is 2.91. The lowest BCUT2D eigenvalue weighted by molar-refractivity contribution is -0.167. The Labute approximate surface area is 160 Å². The second-order valence-corrected chi connectivity index (χ2v) is 7.41. The van der Waals surface area contributed by atoms with Crippen LogP contribution in [0, 0.1) is 29.1 Å². The molecule has 1 aliphatic rings. The van der Waals surface area contributed by atoms with Gasteiger partial charge in [-0.3, -0.25) is 0 Å². The Balaban J connectivity index is 1.77. The van der Waals surface area contributed by atoms with Gasteiger partial charge >= 0.3 is 11.9 Å². The lowest BCUT2D eigenvalue weighted by atomic mass is 9.75. The van der Waals surface area contributed by atoms with Crippen LogP contribution in [-0.2, 0) is 19.1 Å². The molecule has 27 heavy (non-hydrogen) atoms. The number of nitriles is 1. The molecule has 3 unspecified atom stereocenters. The molecule has 1 fully saturated rings. The van der Waals surface area contributed by atoms with Gasteiger partial charge in [0.1, 0.15) is 17.9 Å². The Kier molecular flexibility index (Phi) is 7.66. The zero-order valence-electron chi connectivity index (χ0n) is 16.1. The minimum absolute atomic E-state index is 0.126. The molecule has 3 atom stereocenters. The number of hydrogen-bond acceptors (Lipinski definition) is 6. The number of carbonyl (C=O) groups is 2. The summed E-state index contributed by atoms with van der Waals surface area (Å²) in [5.41, 5.74) is 0.329. The minimum Gasteiger partial charge on any atom is -0.481 e. The maximum atomic E-state index is 12.1. The summed E-state index contributed by atoms with van der Waals surface area (Å²) in [5, 5.41) is 8.99. The van der Waals surface area contributed by atoms with E-state index in [0.29, 0.717) is 29.1 Å². The predicted molar refractivity (Wildman–Crippen MR) is 98.8 cm³/mol. The maximum absolute atomic E-state index is 12.1. The molecule has 0 radical (unpaired) electrons. The van der Waals surface area contributed by atoms with Crippen molar-refractivity contribution >= 4 is 11.9 Å². The first kappa shape index (κ1) is 20.8. The average Bonchev–Trinajstić information content (AvgIpc) is 2.64. The molecule has 1 saturated carbocycles. The Morgan fingerprint density at radius 1 is 1.19 bits per heavy atom. The molecule has 0 spiro atoms. The lowest BCUT2D eigenvalue weighted by Gasteiger charge is -2.36. The topological polar surface area (TPSA) is 85.6 Å². The summed E-state index contributed by atoms with van der Waals surface area (Å²) in [5.74, 6) is 0.380. The van der Waals surface area contributed by atoms with Crippen LogP contribution in [0.4, 0.5) is 0 Å². The van der Waals surface area contributed by atoms with E-state index in [1.807, 2.05) is 6.07 Å². The van der Waals surface area contributed by atoms with Crippen molar-refractivity contribution in [3.63, 3.8) is 0 Å². The molecule has 1 aromatic rings. The highest BCUT2D eigenvalue weighted by Gasteiger charge is 2.33. The summed E-state index contributed by atoms with van der Waals surface area (Å²) in [6, 6.07) is 8.57. The molecule has 6 heteroatoms. The van der Waals surface area contributed by atoms with Crippen LogP contribution in [0.15, 0.2) is 24.3 Å². The highest BCUT2D eigenvalue weighted by atomic mass is 16.6. The first-order valence-corrected chi connectivity index (χ1v) is 9.37. The third-order valence-electron chi connectivity index (χ3n) is 4.95. The van der Waals surface area contributed by atoms with E-state index in [9.17, 15) is 9.59 Å². The van der Waals surface area contributed by atoms with Gasteiger partial charge in [-0.25, -0.2) is 9.59 Å². The van der Waals surface area contributed by atoms with Gasteiger partial charge in [-0.1, -0.05) is 39.3 Å². The molecule has 0 heterocycles. The van der Waals surface area contributed by atoms with Crippen LogP contribution >= 0.6 is 0 Å². The molecule has 6 nitrogen and oxygen atoms in total. The average molecular weight is 373 g/mol. The number of nitrogens with zero attached hydrogens (tertiary/aromatic N) is 1. The third kappa shape index (κ3) is 6.28. The van der Waals surface area contributed by atoms with E-state index >= 15 is 0 Å². The molecular formula is C21H27NO5. The third-order valence-corrected chi connectivity index (χ3v) is 4.95. The van der Waals surface area contributed by atoms with Crippen LogP contribution in [0.5, 0.6) is 5.75 Å². The highest BCUT2D eigenvalue weighted by Crippen LogP contribution is 2.35. The number of ether oxygens (including phenoxy) is 3. The molecule has 0 aromatic heterocycles. The minimum atomic E-state index is -0.683. The Hall–Kier alpha value is -2.55. The van der Waals surface area contributed by atoms with Gasteiger partial charge in [-0.05, 0) is 42.7 Å². The summed E-state index contributed by atoms with van der Waals surface area (Å²) in [7, 11) is 0. The number of hydrogen-bond donors (Lipinski definition) is 0. The number of rotatable bonds is 7. The van der Waals surface area contributed by atoms with Crippen molar-refractivity contribution in [2.75, 3.05) is 13.2 Å². The molecule has 1 aromatic carbocycles. The fraction of sp³-hybridized carbons (Fsp3) is 0.571. The van der Waals surface area contributed by atoms with Crippen molar-refractivity contribution in [1.29, 1.82) is 5.26 Å². The molecule has 0 aliphatic heterocycles. The normalized spacial score (nSPS) is 22.0. The molecule has 2 rings (SSSR count). The summed E-state index contributed by atoms with van der Waals surface area (Å²) < 4.78 is 15.8. The van der Waals surface area contributed by atoms with Crippen molar-refractivity contribution in [3.05, 3.63) is 29.8 Å². The first-order chi connectivity index (χ1) is 12.9. The van der Waals surface area contributed by atoms with Crippen LogP contribution < -0.4 is 4.74 Å². The Morgan fingerprint density at radius 3 is 2.63 bits per heavy atom. The number of esters is 2. The second kappa shape index (κ2) is 9.96. The Bertz CT molecular complexity index is 694. The molecule has 1 aliphatic carbocycles. The van der Waals surface area contributed by atoms with Gasteiger partial charge in [0, 0.05) is 0 Å². The van der Waals surface area contributed by atoms with Crippen molar-refractivity contribution in [2.45, 2.75) is 46.1 Å². The van der Waals surface area contributed by atoms with Crippen LogP contribution in [0.25, 0.3) is 0 Å². The van der Waals surface area contributed by atoms with Crippen LogP contribution in [0.1, 0.15) is 45.6 Å². The van der Waals surface area contributed by atoms with E-state index in [4.69, 9.17) is 19.5 Å². The summed E-state index contributed by atoms with van der Waals surface area (Å²) >= 11 is 0. The molecular weight excluding hydrogens is 346 g/mol. The monoisotopic (exact) mass is 373 g/mol.